The molecule has 0 bridgehead atoms. The molecule has 0 aromatic carbocycles. The molecular weight excluding hydrogens is 645 g/mol. The van der Waals surface area contributed by atoms with Gasteiger partial charge in [-0.05, 0) is 87.9 Å². The van der Waals surface area contributed by atoms with Gasteiger partial charge in [-0.3, -0.25) is 4.79 Å². The fourth-order valence-corrected chi connectivity index (χ4v) is 3.52. The number of amides is 1. The van der Waals surface area contributed by atoms with E-state index >= 15 is 0 Å². The van der Waals surface area contributed by atoms with Crippen molar-refractivity contribution < 1.29 is 23.7 Å². The number of ether oxygens (including phenoxy) is 4. The summed E-state index contributed by atoms with van der Waals surface area (Å²) in [6.07, 6.45) is 7.70. The van der Waals surface area contributed by atoms with Gasteiger partial charge in [0.15, 0.2) is 0 Å². The molecule has 0 saturated heterocycles. The van der Waals surface area contributed by atoms with Crippen LogP contribution in [0.4, 0.5) is 0 Å². The van der Waals surface area contributed by atoms with Gasteiger partial charge < -0.3 is 29.6 Å². The standard InChI is InChI=1S/C12H26O2.C11H23NO.C10H22O2.C9H19NS/c1-11(2)5-7-13-9-10-14-8-6-12(3)4;1-9(2)5-6-11(13)12-8-7-10(3)4;1-9(2)5-6-11-7-8-12-10(3)4;1-7(2)5-6-10-9(11)8(3)4/h11-12H,5-10H2,1-4H3;9-10H,5-8H2,1-4H3,(H,12,13);9-10H,5-8H2,1-4H3;7-8H,5-6H2,1-4H3,(H,10,11). The van der Waals surface area contributed by atoms with Gasteiger partial charge in [0, 0.05) is 45.2 Å². The van der Waals surface area contributed by atoms with Crippen molar-refractivity contribution in [2.75, 3.05) is 59.3 Å². The van der Waals surface area contributed by atoms with Crippen molar-refractivity contribution in [3.63, 3.8) is 0 Å². The van der Waals surface area contributed by atoms with Crippen LogP contribution in [0.25, 0.3) is 0 Å². The second kappa shape index (κ2) is 41.0. The van der Waals surface area contributed by atoms with E-state index < -0.39 is 0 Å². The molecule has 0 aliphatic heterocycles. The molecule has 0 saturated carbocycles. The first kappa shape index (κ1) is 55.9. The van der Waals surface area contributed by atoms with Gasteiger partial charge in [0.1, 0.15) is 0 Å². The van der Waals surface area contributed by atoms with E-state index in [-0.39, 0.29) is 5.91 Å². The molecule has 50 heavy (non-hydrogen) atoms. The molecule has 0 aromatic rings. The minimum atomic E-state index is 0.203. The van der Waals surface area contributed by atoms with Crippen LogP contribution in [0.5, 0.6) is 0 Å². The van der Waals surface area contributed by atoms with Gasteiger partial charge in [-0.1, -0.05) is 109 Å². The Balaban J connectivity index is -0.000000283. The van der Waals surface area contributed by atoms with E-state index in [1.807, 2.05) is 13.8 Å². The molecule has 0 unspecified atom stereocenters. The lowest BCUT2D eigenvalue weighted by Gasteiger charge is -2.11. The summed E-state index contributed by atoms with van der Waals surface area (Å²) in [5.41, 5.74) is 0. The predicted octanol–water partition coefficient (Wildman–Crippen LogP) is 10.8. The molecule has 0 aliphatic rings. The lowest BCUT2D eigenvalue weighted by Crippen LogP contribution is -2.27. The first-order valence-electron chi connectivity index (χ1n) is 20.2. The summed E-state index contributed by atoms with van der Waals surface area (Å²) in [4.78, 5) is 12.2. The number of thiocarbonyl (C=S) groups is 1. The number of carbonyl (C=O) groups is 1. The van der Waals surface area contributed by atoms with E-state index in [2.05, 4.69) is 108 Å². The minimum absolute atomic E-state index is 0.203. The molecule has 2 N–H and O–H groups in total. The monoisotopic (exact) mass is 735 g/mol. The normalized spacial score (nSPS) is 11.2. The number of nitrogens with one attached hydrogen (secondary N) is 2. The van der Waals surface area contributed by atoms with Crippen molar-refractivity contribution >= 4 is 23.1 Å². The average molecular weight is 735 g/mol. The summed E-state index contributed by atoms with van der Waals surface area (Å²) >= 11 is 5.12. The number of hydrogen-bond donors (Lipinski definition) is 2. The molecule has 1 amide bonds. The third-order valence-corrected chi connectivity index (χ3v) is 7.72. The summed E-state index contributed by atoms with van der Waals surface area (Å²) < 4.78 is 21.5. The Labute approximate surface area is 319 Å². The van der Waals surface area contributed by atoms with Crippen molar-refractivity contribution in [2.24, 2.45) is 41.4 Å². The highest BCUT2D eigenvalue weighted by Crippen LogP contribution is 2.04. The summed E-state index contributed by atoms with van der Waals surface area (Å²) in [5.74, 6) is 4.94. The minimum Gasteiger partial charge on any atom is -0.379 e. The third kappa shape index (κ3) is 62.3. The molecule has 0 aliphatic carbocycles. The van der Waals surface area contributed by atoms with Gasteiger partial charge in [-0.2, -0.15) is 0 Å². The zero-order valence-corrected chi connectivity index (χ0v) is 37.2. The van der Waals surface area contributed by atoms with Crippen molar-refractivity contribution in [1.82, 2.24) is 10.6 Å². The Morgan fingerprint density at radius 3 is 1.12 bits per heavy atom. The molecule has 7 nitrogen and oxygen atoms in total. The van der Waals surface area contributed by atoms with Gasteiger partial charge in [-0.25, -0.2) is 0 Å². The van der Waals surface area contributed by atoms with Crippen LogP contribution in [0.1, 0.15) is 156 Å². The quantitative estimate of drug-likeness (QED) is 0.0677. The molecule has 8 heteroatoms. The maximum atomic E-state index is 11.2. The molecule has 0 heterocycles. The van der Waals surface area contributed by atoms with Crippen molar-refractivity contribution in [3.8, 4) is 0 Å². The molecule has 0 fully saturated rings. The largest absolute Gasteiger partial charge is 0.379 e. The van der Waals surface area contributed by atoms with Crippen LogP contribution < -0.4 is 10.6 Å². The molecule has 0 spiro atoms. The van der Waals surface area contributed by atoms with Crippen LogP contribution in [0, 0.1) is 41.4 Å². The third-order valence-electron chi connectivity index (χ3n) is 7.11. The van der Waals surface area contributed by atoms with E-state index in [1.165, 1.54) is 6.42 Å². The molecule has 0 aromatic heterocycles. The summed E-state index contributed by atoms with van der Waals surface area (Å²) in [6, 6.07) is 0. The van der Waals surface area contributed by atoms with Crippen LogP contribution in [-0.2, 0) is 23.7 Å². The Kier molecular flexibility index (Phi) is 45.8. The van der Waals surface area contributed by atoms with Gasteiger partial charge >= 0.3 is 0 Å². The second-order valence-corrected chi connectivity index (χ2v) is 16.8. The van der Waals surface area contributed by atoms with E-state index in [0.717, 1.165) is 120 Å². The first-order chi connectivity index (χ1) is 23.3. The number of hydrogen-bond acceptors (Lipinski definition) is 6. The van der Waals surface area contributed by atoms with Crippen LogP contribution in [0.15, 0.2) is 0 Å². The van der Waals surface area contributed by atoms with E-state index in [1.54, 1.807) is 0 Å². The lowest BCUT2D eigenvalue weighted by molar-refractivity contribution is -0.121. The smallest absolute Gasteiger partial charge is 0.220 e. The Morgan fingerprint density at radius 1 is 0.460 bits per heavy atom. The van der Waals surface area contributed by atoms with Crippen LogP contribution in [0.3, 0.4) is 0 Å². The van der Waals surface area contributed by atoms with Crippen molar-refractivity contribution in [2.45, 2.75) is 162 Å². The summed E-state index contributed by atoms with van der Waals surface area (Å²) in [5, 5.41) is 6.18. The molecule has 0 rings (SSSR count). The predicted molar refractivity (Wildman–Crippen MR) is 223 cm³/mol. The van der Waals surface area contributed by atoms with Gasteiger partial charge in [0.05, 0.1) is 37.5 Å². The zero-order chi connectivity index (χ0) is 39.3. The fraction of sp³-hybridized carbons (Fsp3) is 0.952. The average Bonchev–Trinajstić information content (AvgIpc) is 2.99. The Bertz CT molecular complexity index is 672. The fourth-order valence-electron chi connectivity index (χ4n) is 3.42. The SMILES string of the molecule is CC(C)CCNC(=O)CCC(C)C.CC(C)CCNC(=S)C(C)C.CC(C)CCOCCOC(C)C.CC(C)CCOCCOCCC(C)C. The topological polar surface area (TPSA) is 78.1 Å². The molecule has 0 radical (unpaired) electrons. The summed E-state index contributed by atoms with van der Waals surface area (Å²) in [6.45, 7) is 42.0. The van der Waals surface area contributed by atoms with Crippen molar-refractivity contribution in [1.29, 1.82) is 0 Å². The maximum absolute atomic E-state index is 11.2. The summed E-state index contributed by atoms with van der Waals surface area (Å²) in [7, 11) is 0. The second-order valence-electron chi connectivity index (χ2n) is 16.4. The number of carbonyl (C=O) groups excluding carboxylic acids is 1. The molecular formula is C42H90N2O5S. The molecule has 304 valence electrons. The van der Waals surface area contributed by atoms with Crippen molar-refractivity contribution in [3.05, 3.63) is 0 Å². The highest BCUT2D eigenvalue weighted by molar-refractivity contribution is 7.80. The highest BCUT2D eigenvalue weighted by Gasteiger charge is 2.03. The van der Waals surface area contributed by atoms with Crippen LogP contribution >= 0.6 is 12.2 Å². The first-order valence-corrected chi connectivity index (χ1v) is 20.6. The van der Waals surface area contributed by atoms with E-state index in [9.17, 15) is 4.79 Å². The zero-order valence-electron chi connectivity index (χ0n) is 36.4. The van der Waals surface area contributed by atoms with E-state index in [4.69, 9.17) is 31.2 Å². The van der Waals surface area contributed by atoms with Crippen LogP contribution in [0.2, 0.25) is 0 Å². The lowest BCUT2D eigenvalue weighted by atomic mass is 10.1. The van der Waals surface area contributed by atoms with Gasteiger partial charge in [0.2, 0.25) is 5.91 Å². The van der Waals surface area contributed by atoms with Crippen LogP contribution in [-0.4, -0.2) is 76.3 Å². The van der Waals surface area contributed by atoms with Gasteiger partial charge in [-0.15, -0.1) is 0 Å². The highest BCUT2D eigenvalue weighted by atomic mass is 32.1. The molecule has 0 atom stereocenters. The maximum Gasteiger partial charge on any atom is 0.220 e. The van der Waals surface area contributed by atoms with Gasteiger partial charge in [0.25, 0.3) is 0 Å². The number of rotatable bonds is 26. The van der Waals surface area contributed by atoms with E-state index in [0.29, 0.717) is 30.3 Å². The Hall–Kier alpha value is -0.800. The Morgan fingerprint density at radius 2 is 0.800 bits per heavy atom.